The monoisotopic (exact) mass is 268 g/mol. The molecule has 0 heterocycles. The molecule has 0 aliphatic heterocycles. The van der Waals surface area contributed by atoms with Gasteiger partial charge in [0.2, 0.25) is 0 Å². The molecule has 0 bridgehead atoms. The Morgan fingerprint density at radius 3 is 2.00 bits per heavy atom. The van der Waals surface area contributed by atoms with Crippen LogP contribution in [0, 0.1) is 5.92 Å². The summed E-state index contributed by atoms with van der Waals surface area (Å²) in [6.07, 6.45) is 1.63. The van der Waals surface area contributed by atoms with Gasteiger partial charge in [-0.1, -0.05) is 56.3 Å². The van der Waals surface area contributed by atoms with Crippen LogP contribution in [0.4, 0.5) is 0 Å². The summed E-state index contributed by atoms with van der Waals surface area (Å²) in [6.45, 7) is 4.02. The van der Waals surface area contributed by atoms with Crippen molar-refractivity contribution < 1.29 is 9.53 Å². The molecule has 0 aromatic heterocycles. The standard InChI is InChI=1S/C18H20O2/c1-3-14(4-2)18(19)20-17-12-10-16(11-13-17)15-8-6-5-7-9-15/h5-14H,3-4H2,1-2H3. The van der Waals surface area contributed by atoms with Crippen LogP contribution < -0.4 is 4.74 Å². The van der Waals surface area contributed by atoms with Gasteiger partial charge in [-0.15, -0.1) is 0 Å². The normalized spacial score (nSPS) is 10.6. The van der Waals surface area contributed by atoms with Crippen molar-refractivity contribution in [3.05, 3.63) is 54.6 Å². The molecule has 0 saturated heterocycles. The first-order valence-electron chi connectivity index (χ1n) is 7.11. The van der Waals surface area contributed by atoms with Crippen molar-refractivity contribution in [2.24, 2.45) is 5.92 Å². The van der Waals surface area contributed by atoms with Gasteiger partial charge in [0, 0.05) is 0 Å². The quantitative estimate of drug-likeness (QED) is 0.580. The van der Waals surface area contributed by atoms with Crippen LogP contribution in [0.3, 0.4) is 0 Å². The van der Waals surface area contributed by atoms with Crippen molar-refractivity contribution in [1.82, 2.24) is 0 Å². The summed E-state index contributed by atoms with van der Waals surface area (Å²) < 4.78 is 5.41. The Bertz CT molecular complexity index is 539. The third kappa shape index (κ3) is 3.47. The van der Waals surface area contributed by atoms with Crippen LogP contribution >= 0.6 is 0 Å². The van der Waals surface area contributed by atoms with Crippen molar-refractivity contribution in [2.45, 2.75) is 26.7 Å². The summed E-state index contributed by atoms with van der Waals surface area (Å²) >= 11 is 0. The van der Waals surface area contributed by atoms with E-state index in [2.05, 4.69) is 12.1 Å². The fourth-order valence-corrected chi connectivity index (χ4v) is 2.17. The lowest BCUT2D eigenvalue weighted by atomic mass is 10.0. The van der Waals surface area contributed by atoms with Crippen molar-refractivity contribution in [3.8, 4) is 16.9 Å². The smallest absolute Gasteiger partial charge is 0.314 e. The average molecular weight is 268 g/mol. The molecular weight excluding hydrogens is 248 g/mol. The van der Waals surface area contributed by atoms with Crippen LogP contribution in [0.5, 0.6) is 5.75 Å². The minimum absolute atomic E-state index is 0.0104. The van der Waals surface area contributed by atoms with E-state index < -0.39 is 0 Å². The first kappa shape index (κ1) is 14.3. The molecule has 0 fully saturated rings. The van der Waals surface area contributed by atoms with Gasteiger partial charge in [-0.25, -0.2) is 0 Å². The molecule has 104 valence electrons. The average Bonchev–Trinajstić information content (AvgIpc) is 2.50. The van der Waals surface area contributed by atoms with Gasteiger partial charge in [-0.05, 0) is 36.1 Å². The molecule has 0 unspecified atom stereocenters. The molecule has 2 heteroatoms. The highest BCUT2D eigenvalue weighted by atomic mass is 16.5. The molecule has 0 radical (unpaired) electrons. The number of carbonyl (C=O) groups excluding carboxylic acids is 1. The molecule has 2 aromatic rings. The first-order chi connectivity index (χ1) is 9.74. The predicted octanol–water partition coefficient (Wildman–Crippen LogP) is 4.70. The molecule has 0 aliphatic carbocycles. The molecule has 0 N–H and O–H groups in total. The number of esters is 1. The van der Waals surface area contributed by atoms with Gasteiger partial charge in [0.25, 0.3) is 0 Å². The number of carbonyl (C=O) groups is 1. The highest BCUT2D eigenvalue weighted by molar-refractivity contribution is 5.75. The summed E-state index contributed by atoms with van der Waals surface area (Å²) in [5, 5.41) is 0. The van der Waals surface area contributed by atoms with Gasteiger partial charge >= 0.3 is 5.97 Å². The van der Waals surface area contributed by atoms with Crippen LogP contribution in [0.2, 0.25) is 0 Å². The van der Waals surface area contributed by atoms with E-state index in [0.717, 1.165) is 24.0 Å². The fourth-order valence-electron chi connectivity index (χ4n) is 2.17. The van der Waals surface area contributed by atoms with Gasteiger partial charge in [0.05, 0.1) is 5.92 Å². The van der Waals surface area contributed by atoms with Crippen molar-refractivity contribution >= 4 is 5.97 Å². The maximum Gasteiger partial charge on any atom is 0.314 e. The lowest BCUT2D eigenvalue weighted by Crippen LogP contribution is -2.19. The summed E-state index contributed by atoms with van der Waals surface area (Å²) in [7, 11) is 0. The molecular formula is C18H20O2. The Morgan fingerprint density at radius 2 is 1.45 bits per heavy atom. The molecule has 0 atom stereocenters. The molecule has 20 heavy (non-hydrogen) atoms. The Hall–Kier alpha value is -2.09. The van der Waals surface area contributed by atoms with E-state index in [9.17, 15) is 4.79 Å². The minimum Gasteiger partial charge on any atom is -0.426 e. The number of ether oxygens (including phenoxy) is 1. The third-order valence-corrected chi connectivity index (χ3v) is 3.50. The van der Waals surface area contributed by atoms with E-state index in [-0.39, 0.29) is 11.9 Å². The molecule has 0 amide bonds. The van der Waals surface area contributed by atoms with E-state index in [4.69, 9.17) is 4.74 Å². The summed E-state index contributed by atoms with van der Waals surface area (Å²) in [6, 6.07) is 17.8. The largest absolute Gasteiger partial charge is 0.426 e. The van der Waals surface area contributed by atoms with E-state index in [1.54, 1.807) is 0 Å². The van der Waals surface area contributed by atoms with Gasteiger partial charge in [0.15, 0.2) is 0 Å². The third-order valence-electron chi connectivity index (χ3n) is 3.50. The maximum atomic E-state index is 11.9. The number of hydrogen-bond acceptors (Lipinski definition) is 2. The molecule has 2 rings (SSSR count). The zero-order valence-electron chi connectivity index (χ0n) is 12.0. The predicted molar refractivity (Wildman–Crippen MR) is 81.6 cm³/mol. The summed E-state index contributed by atoms with van der Waals surface area (Å²) in [5.41, 5.74) is 2.28. The molecule has 0 aliphatic rings. The Labute approximate surface area is 120 Å². The van der Waals surface area contributed by atoms with Crippen molar-refractivity contribution in [2.75, 3.05) is 0 Å². The Morgan fingerprint density at radius 1 is 0.900 bits per heavy atom. The number of hydrogen-bond donors (Lipinski definition) is 0. The summed E-state index contributed by atoms with van der Waals surface area (Å²) in [4.78, 5) is 11.9. The second-order valence-corrected chi connectivity index (χ2v) is 4.82. The van der Waals surface area contributed by atoms with Crippen LogP contribution in [-0.4, -0.2) is 5.97 Å². The second-order valence-electron chi connectivity index (χ2n) is 4.82. The number of rotatable bonds is 5. The SMILES string of the molecule is CCC(CC)C(=O)Oc1ccc(-c2ccccc2)cc1. The van der Waals surface area contributed by atoms with Crippen LogP contribution in [0.15, 0.2) is 54.6 Å². The molecule has 2 nitrogen and oxygen atoms in total. The second kappa shape index (κ2) is 6.90. The maximum absolute atomic E-state index is 11.9. The Balaban J connectivity index is 2.07. The zero-order valence-corrected chi connectivity index (χ0v) is 12.0. The van der Waals surface area contributed by atoms with Gasteiger partial charge in [-0.2, -0.15) is 0 Å². The van der Waals surface area contributed by atoms with E-state index in [1.165, 1.54) is 0 Å². The van der Waals surface area contributed by atoms with Crippen molar-refractivity contribution in [1.29, 1.82) is 0 Å². The van der Waals surface area contributed by atoms with Gasteiger partial charge < -0.3 is 4.74 Å². The first-order valence-corrected chi connectivity index (χ1v) is 7.11. The molecule has 2 aromatic carbocycles. The molecule has 0 spiro atoms. The highest BCUT2D eigenvalue weighted by Crippen LogP contribution is 2.23. The minimum atomic E-state index is -0.137. The van der Waals surface area contributed by atoms with E-state index >= 15 is 0 Å². The Kier molecular flexibility index (Phi) is 4.94. The van der Waals surface area contributed by atoms with Gasteiger partial charge in [0.1, 0.15) is 5.75 Å². The number of benzene rings is 2. The van der Waals surface area contributed by atoms with Crippen molar-refractivity contribution in [3.63, 3.8) is 0 Å². The zero-order chi connectivity index (χ0) is 14.4. The van der Waals surface area contributed by atoms with Gasteiger partial charge in [-0.3, -0.25) is 4.79 Å². The highest BCUT2D eigenvalue weighted by Gasteiger charge is 2.16. The van der Waals surface area contributed by atoms with E-state index in [1.807, 2.05) is 56.3 Å². The van der Waals surface area contributed by atoms with Crippen LogP contribution in [-0.2, 0) is 4.79 Å². The van der Waals surface area contributed by atoms with Crippen LogP contribution in [0.25, 0.3) is 11.1 Å². The fraction of sp³-hybridized carbons (Fsp3) is 0.278. The lowest BCUT2D eigenvalue weighted by Gasteiger charge is -2.11. The van der Waals surface area contributed by atoms with Crippen LogP contribution in [0.1, 0.15) is 26.7 Å². The van der Waals surface area contributed by atoms with E-state index in [0.29, 0.717) is 5.75 Å². The topological polar surface area (TPSA) is 26.3 Å². The molecule has 0 saturated carbocycles. The lowest BCUT2D eigenvalue weighted by molar-refractivity contribution is -0.139. The summed E-state index contributed by atoms with van der Waals surface area (Å²) in [5.74, 6) is 0.466.